The smallest absolute Gasteiger partial charge is 0.408 e. The lowest BCUT2D eigenvalue weighted by atomic mass is 10.0. The Morgan fingerprint density at radius 2 is 2.04 bits per heavy atom. The predicted octanol–water partition coefficient (Wildman–Crippen LogP) is 1.77. The molecule has 0 saturated heterocycles. The summed E-state index contributed by atoms with van der Waals surface area (Å²) < 4.78 is 1.41. The molecule has 0 unspecified atom stereocenters. The maximum atomic E-state index is 11.6. The van der Waals surface area contributed by atoms with Crippen molar-refractivity contribution in [2.24, 2.45) is 0 Å². The molecular formula is C14H17N7O2. The van der Waals surface area contributed by atoms with Gasteiger partial charge in [0.2, 0.25) is 0 Å². The molecular weight excluding hydrogens is 298 g/mol. The number of amides is 1. The second-order valence-electron chi connectivity index (χ2n) is 5.90. The van der Waals surface area contributed by atoms with Gasteiger partial charge in [0.05, 0.1) is 6.04 Å². The van der Waals surface area contributed by atoms with Gasteiger partial charge in [-0.25, -0.2) is 19.7 Å². The number of hydrogen-bond donors (Lipinski definition) is 1. The summed E-state index contributed by atoms with van der Waals surface area (Å²) in [5.41, 5.74) is -0.430. The third kappa shape index (κ3) is 3.26. The molecule has 9 heteroatoms. The molecule has 0 fully saturated rings. The molecule has 1 atom stereocenters. The number of carboxylic acid groups (broad SMARTS) is 1. The Morgan fingerprint density at radius 3 is 2.61 bits per heavy atom. The summed E-state index contributed by atoms with van der Waals surface area (Å²) in [4.78, 5) is 25.0. The van der Waals surface area contributed by atoms with Crippen LogP contribution in [0.25, 0.3) is 5.82 Å². The molecule has 2 aromatic heterocycles. The lowest BCUT2D eigenvalue weighted by Gasteiger charge is -2.37. The highest BCUT2D eigenvalue weighted by atomic mass is 16.4. The van der Waals surface area contributed by atoms with Crippen LogP contribution in [0.5, 0.6) is 0 Å². The summed E-state index contributed by atoms with van der Waals surface area (Å²) in [6, 6.07) is 2.83. The Labute approximate surface area is 133 Å². The minimum atomic E-state index is -1.06. The van der Waals surface area contributed by atoms with Crippen molar-refractivity contribution in [2.45, 2.75) is 39.3 Å². The molecule has 1 N–H and O–H groups in total. The van der Waals surface area contributed by atoms with Gasteiger partial charge in [0.15, 0.2) is 11.6 Å². The number of hydrogen-bond acceptors (Lipinski definition) is 6. The molecule has 0 bridgehead atoms. The van der Waals surface area contributed by atoms with Gasteiger partial charge in [0.1, 0.15) is 24.4 Å². The van der Waals surface area contributed by atoms with E-state index in [1.54, 1.807) is 27.7 Å². The number of carbonyl (C=O) groups is 1. The van der Waals surface area contributed by atoms with Crippen molar-refractivity contribution in [2.75, 3.05) is 0 Å². The Morgan fingerprint density at radius 1 is 1.35 bits per heavy atom. The number of nitriles is 1. The first-order valence-corrected chi connectivity index (χ1v) is 6.90. The summed E-state index contributed by atoms with van der Waals surface area (Å²) in [5.74, 6) is 0.764. The van der Waals surface area contributed by atoms with Crippen LogP contribution in [-0.4, -0.2) is 46.4 Å². The zero-order chi connectivity index (χ0) is 17.2. The van der Waals surface area contributed by atoms with Gasteiger partial charge in [0.25, 0.3) is 0 Å². The van der Waals surface area contributed by atoms with Crippen molar-refractivity contribution in [3.63, 3.8) is 0 Å². The average molecular weight is 315 g/mol. The molecule has 0 aromatic carbocycles. The highest BCUT2D eigenvalue weighted by molar-refractivity contribution is 5.66. The predicted molar refractivity (Wildman–Crippen MR) is 79.7 cm³/mol. The average Bonchev–Trinajstić information content (AvgIpc) is 2.94. The third-order valence-electron chi connectivity index (χ3n) is 3.25. The SMILES string of the molecule is C[C@@H](c1ncnn1-c1cc(C#N)ncn1)N(C(=O)O)C(C)(C)C. The summed E-state index contributed by atoms with van der Waals surface area (Å²) >= 11 is 0. The van der Waals surface area contributed by atoms with Crippen molar-refractivity contribution in [3.05, 3.63) is 30.2 Å². The first kappa shape index (κ1) is 16.4. The van der Waals surface area contributed by atoms with Crippen LogP contribution in [0.1, 0.15) is 45.3 Å². The summed E-state index contributed by atoms with van der Waals surface area (Å²) in [5, 5.41) is 22.5. The van der Waals surface area contributed by atoms with Crippen molar-refractivity contribution in [3.8, 4) is 11.9 Å². The number of nitrogens with zero attached hydrogens (tertiary/aromatic N) is 7. The van der Waals surface area contributed by atoms with E-state index in [-0.39, 0.29) is 5.69 Å². The molecule has 1 amide bonds. The molecule has 0 aliphatic carbocycles. The zero-order valence-electron chi connectivity index (χ0n) is 13.3. The minimum Gasteiger partial charge on any atom is -0.465 e. The van der Waals surface area contributed by atoms with Crippen LogP contribution in [0.2, 0.25) is 0 Å². The van der Waals surface area contributed by atoms with E-state index in [0.717, 1.165) is 0 Å². The number of rotatable bonds is 3. The summed E-state index contributed by atoms with van der Waals surface area (Å²) in [6.45, 7) is 7.14. The van der Waals surface area contributed by atoms with E-state index in [1.807, 2.05) is 6.07 Å². The Bertz CT molecular complexity index is 757. The fourth-order valence-corrected chi connectivity index (χ4v) is 2.38. The molecule has 0 aliphatic heterocycles. The van der Waals surface area contributed by atoms with E-state index >= 15 is 0 Å². The molecule has 0 spiro atoms. The zero-order valence-corrected chi connectivity index (χ0v) is 13.3. The van der Waals surface area contributed by atoms with Crippen LogP contribution in [0.15, 0.2) is 18.7 Å². The lowest BCUT2D eigenvalue weighted by Crippen LogP contribution is -2.47. The molecule has 2 aromatic rings. The second-order valence-corrected chi connectivity index (χ2v) is 5.90. The van der Waals surface area contributed by atoms with Gasteiger partial charge in [-0.05, 0) is 27.7 Å². The van der Waals surface area contributed by atoms with Crippen molar-refractivity contribution in [1.82, 2.24) is 29.6 Å². The van der Waals surface area contributed by atoms with E-state index in [9.17, 15) is 9.90 Å². The molecule has 0 aliphatic rings. The second kappa shape index (κ2) is 6.00. The third-order valence-corrected chi connectivity index (χ3v) is 3.25. The topological polar surface area (TPSA) is 121 Å². The monoisotopic (exact) mass is 315 g/mol. The van der Waals surface area contributed by atoms with E-state index < -0.39 is 17.7 Å². The van der Waals surface area contributed by atoms with Gasteiger partial charge < -0.3 is 5.11 Å². The molecule has 2 heterocycles. The highest BCUT2D eigenvalue weighted by Gasteiger charge is 2.34. The van der Waals surface area contributed by atoms with E-state index in [0.29, 0.717) is 11.6 Å². The lowest BCUT2D eigenvalue weighted by molar-refractivity contribution is 0.0720. The Hall–Kier alpha value is -3.02. The molecule has 120 valence electrons. The van der Waals surface area contributed by atoms with Gasteiger partial charge in [-0.1, -0.05) is 0 Å². The fraction of sp³-hybridized carbons (Fsp3) is 0.429. The van der Waals surface area contributed by atoms with E-state index in [2.05, 4.69) is 20.1 Å². The van der Waals surface area contributed by atoms with Crippen molar-refractivity contribution in [1.29, 1.82) is 5.26 Å². The maximum absolute atomic E-state index is 11.6. The van der Waals surface area contributed by atoms with Gasteiger partial charge in [-0.2, -0.15) is 15.0 Å². The van der Waals surface area contributed by atoms with E-state index in [4.69, 9.17) is 5.26 Å². The highest BCUT2D eigenvalue weighted by Crippen LogP contribution is 2.27. The maximum Gasteiger partial charge on any atom is 0.408 e. The van der Waals surface area contributed by atoms with Crippen molar-refractivity contribution < 1.29 is 9.90 Å². The quantitative estimate of drug-likeness (QED) is 0.916. The van der Waals surface area contributed by atoms with Gasteiger partial charge in [-0.3, -0.25) is 4.90 Å². The van der Waals surface area contributed by atoms with Gasteiger partial charge in [0, 0.05) is 11.6 Å². The fourth-order valence-electron chi connectivity index (χ4n) is 2.38. The summed E-state index contributed by atoms with van der Waals surface area (Å²) in [6.07, 6.45) is 1.52. The van der Waals surface area contributed by atoms with Crippen molar-refractivity contribution >= 4 is 6.09 Å². The largest absolute Gasteiger partial charge is 0.465 e. The normalized spacial score (nSPS) is 12.5. The Kier molecular flexibility index (Phi) is 4.27. The molecule has 0 saturated carbocycles. The van der Waals surface area contributed by atoms with Gasteiger partial charge in [-0.15, -0.1) is 0 Å². The minimum absolute atomic E-state index is 0.190. The molecule has 9 nitrogen and oxygen atoms in total. The van der Waals surface area contributed by atoms with Crippen LogP contribution in [0, 0.1) is 11.3 Å². The standard InChI is InChI=1S/C14H17N7O2/c1-9(20(13(22)23)14(2,3)4)12-18-8-19-21(12)11-5-10(6-15)16-7-17-11/h5,7-9H,1-4H3,(H,22,23)/t9-/m0/s1. The van der Waals surface area contributed by atoms with Gasteiger partial charge >= 0.3 is 6.09 Å². The summed E-state index contributed by atoms with van der Waals surface area (Å²) in [7, 11) is 0. The Balaban J connectivity index is 2.48. The van der Waals surface area contributed by atoms with E-state index in [1.165, 1.54) is 28.3 Å². The van der Waals surface area contributed by atoms with Crippen LogP contribution in [0.3, 0.4) is 0 Å². The van der Waals surface area contributed by atoms with Crippen LogP contribution in [-0.2, 0) is 0 Å². The van der Waals surface area contributed by atoms with Crippen LogP contribution >= 0.6 is 0 Å². The number of aromatic nitrogens is 5. The molecule has 2 rings (SSSR count). The molecule has 0 radical (unpaired) electrons. The molecule has 23 heavy (non-hydrogen) atoms. The van der Waals surface area contributed by atoms with Crippen LogP contribution in [0.4, 0.5) is 4.79 Å². The van der Waals surface area contributed by atoms with Crippen LogP contribution < -0.4 is 0 Å². The first-order valence-electron chi connectivity index (χ1n) is 6.90. The first-order chi connectivity index (χ1) is 10.8.